The van der Waals surface area contributed by atoms with Crippen molar-refractivity contribution in [2.75, 3.05) is 14.2 Å². The molecule has 5 nitrogen and oxygen atoms in total. The van der Waals surface area contributed by atoms with Crippen LogP contribution in [0.1, 0.15) is 21.6 Å². The highest BCUT2D eigenvalue weighted by Gasteiger charge is 2.19. The molecule has 0 aliphatic rings. The molecule has 4 aromatic carbocycles. The van der Waals surface area contributed by atoms with Crippen molar-refractivity contribution in [2.45, 2.75) is 6.61 Å². The van der Waals surface area contributed by atoms with Gasteiger partial charge >= 0.3 is 0 Å². The summed E-state index contributed by atoms with van der Waals surface area (Å²) in [6.07, 6.45) is 1.62. The first-order valence-electron chi connectivity index (χ1n) is 10.9. The summed E-state index contributed by atoms with van der Waals surface area (Å²) in [6, 6.07) is 26.9. The van der Waals surface area contributed by atoms with Gasteiger partial charge in [0.05, 0.1) is 14.2 Å². The Morgan fingerprint density at radius 1 is 0.765 bits per heavy atom. The van der Waals surface area contributed by atoms with Crippen molar-refractivity contribution >= 4 is 27.3 Å². The van der Waals surface area contributed by atoms with Crippen LogP contribution in [0.2, 0.25) is 0 Å². The maximum atomic E-state index is 13.4. The smallest absolute Gasteiger partial charge is 0.211 e. The summed E-state index contributed by atoms with van der Waals surface area (Å²) < 4.78 is 17.2. The Kier molecular flexibility index (Phi) is 5.83. The van der Waals surface area contributed by atoms with E-state index in [1.807, 2.05) is 72.8 Å². The van der Waals surface area contributed by atoms with Gasteiger partial charge in [0, 0.05) is 11.8 Å². The van der Waals surface area contributed by atoms with Crippen molar-refractivity contribution in [3.8, 4) is 17.2 Å². The van der Waals surface area contributed by atoms with Crippen LogP contribution in [0.4, 0.5) is 0 Å². The number of ketones is 1. The van der Waals surface area contributed by atoms with E-state index in [0.717, 1.165) is 32.9 Å². The van der Waals surface area contributed by atoms with Gasteiger partial charge in [-0.2, -0.15) is 0 Å². The first-order chi connectivity index (χ1) is 16.7. The molecule has 5 rings (SSSR count). The van der Waals surface area contributed by atoms with Crippen LogP contribution in [-0.4, -0.2) is 25.0 Å². The Morgan fingerprint density at radius 2 is 1.50 bits per heavy atom. The molecule has 34 heavy (non-hydrogen) atoms. The number of nitrogens with zero attached hydrogens (tertiary/aromatic N) is 1. The third-order valence-corrected chi connectivity index (χ3v) is 5.82. The molecule has 0 aliphatic carbocycles. The van der Waals surface area contributed by atoms with Gasteiger partial charge < -0.3 is 14.2 Å². The van der Waals surface area contributed by atoms with Crippen molar-refractivity contribution in [1.29, 1.82) is 0 Å². The molecule has 0 N–H and O–H groups in total. The summed E-state index contributed by atoms with van der Waals surface area (Å²) in [4.78, 5) is 17.7. The molecule has 0 bridgehead atoms. The standard InChI is InChI=1S/C29H23NO4/c1-32-27-16-23-22-15-21(34-18-19-8-4-3-5-9-19)12-11-20(22)14-25(24(23)17-28(27)33-2)29(31)26-10-6-7-13-30-26/h3-17H,18H2,1-2H3. The lowest BCUT2D eigenvalue weighted by atomic mass is 9.93. The molecule has 0 amide bonds. The zero-order chi connectivity index (χ0) is 23.5. The average Bonchev–Trinajstić information content (AvgIpc) is 2.91. The van der Waals surface area contributed by atoms with Crippen molar-refractivity contribution in [2.24, 2.45) is 0 Å². The molecule has 168 valence electrons. The number of pyridine rings is 1. The molecule has 0 fully saturated rings. The van der Waals surface area contributed by atoms with E-state index < -0.39 is 0 Å². The molecule has 0 unspecified atom stereocenters. The Labute approximate surface area is 197 Å². The van der Waals surface area contributed by atoms with Crippen LogP contribution in [0.25, 0.3) is 21.5 Å². The SMILES string of the molecule is COc1cc2c(C(=O)c3ccccn3)cc3ccc(OCc4ccccc4)cc3c2cc1OC. The van der Waals surface area contributed by atoms with Crippen molar-refractivity contribution < 1.29 is 19.0 Å². The van der Waals surface area contributed by atoms with Crippen LogP contribution in [0.3, 0.4) is 0 Å². The van der Waals surface area contributed by atoms with Gasteiger partial charge in [-0.15, -0.1) is 0 Å². The average molecular weight is 450 g/mol. The number of benzene rings is 4. The lowest BCUT2D eigenvalue weighted by Crippen LogP contribution is -2.05. The molecule has 0 radical (unpaired) electrons. The van der Waals surface area contributed by atoms with E-state index in [4.69, 9.17) is 14.2 Å². The fourth-order valence-electron chi connectivity index (χ4n) is 4.11. The van der Waals surface area contributed by atoms with Gasteiger partial charge in [0.2, 0.25) is 5.78 Å². The largest absolute Gasteiger partial charge is 0.493 e. The number of hydrogen-bond donors (Lipinski definition) is 0. The number of hydrogen-bond acceptors (Lipinski definition) is 5. The first kappa shape index (κ1) is 21.5. The van der Waals surface area contributed by atoms with Crippen molar-refractivity contribution in [1.82, 2.24) is 4.98 Å². The monoisotopic (exact) mass is 449 g/mol. The van der Waals surface area contributed by atoms with E-state index in [2.05, 4.69) is 4.98 Å². The topological polar surface area (TPSA) is 57.7 Å². The van der Waals surface area contributed by atoms with Gasteiger partial charge in [0.1, 0.15) is 18.1 Å². The van der Waals surface area contributed by atoms with Gasteiger partial charge in [-0.05, 0) is 69.6 Å². The minimum atomic E-state index is -0.149. The number of carbonyl (C=O) groups excluding carboxylic acids is 1. The fourth-order valence-corrected chi connectivity index (χ4v) is 4.11. The minimum absolute atomic E-state index is 0.149. The van der Waals surface area contributed by atoms with Gasteiger partial charge in [-0.25, -0.2) is 0 Å². The Bertz CT molecular complexity index is 1480. The lowest BCUT2D eigenvalue weighted by Gasteiger charge is -2.15. The highest BCUT2D eigenvalue weighted by atomic mass is 16.5. The van der Waals surface area contributed by atoms with E-state index in [9.17, 15) is 4.79 Å². The van der Waals surface area contributed by atoms with Crippen LogP contribution in [-0.2, 0) is 6.61 Å². The highest BCUT2D eigenvalue weighted by molar-refractivity contribution is 6.22. The highest BCUT2D eigenvalue weighted by Crippen LogP contribution is 2.39. The van der Waals surface area contributed by atoms with Gasteiger partial charge in [0.15, 0.2) is 11.5 Å². The van der Waals surface area contributed by atoms with Crippen LogP contribution >= 0.6 is 0 Å². The molecule has 5 aromatic rings. The number of aromatic nitrogens is 1. The summed E-state index contributed by atoms with van der Waals surface area (Å²) in [5, 5.41) is 3.52. The van der Waals surface area contributed by atoms with E-state index in [1.165, 1.54) is 0 Å². The molecule has 5 heteroatoms. The molecule has 1 aromatic heterocycles. The lowest BCUT2D eigenvalue weighted by molar-refractivity contribution is 0.103. The van der Waals surface area contributed by atoms with Crippen LogP contribution in [0.5, 0.6) is 17.2 Å². The van der Waals surface area contributed by atoms with Crippen molar-refractivity contribution in [3.05, 3.63) is 108 Å². The third-order valence-electron chi connectivity index (χ3n) is 5.82. The van der Waals surface area contributed by atoms with Gasteiger partial charge in [0.25, 0.3) is 0 Å². The predicted octanol–water partition coefficient (Wildman–Crippen LogP) is 6.22. The second-order valence-electron chi connectivity index (χ2n) is 7.88. The molecule has 0 saturated carbocycles. The summed E-state index contributed by atoms with van der Waals surface area (Å²) in [5.74, 6) is 1.75. The molecular weight excluding hydrogens is 426 g/mol. The molecule has 0 saturated heterocycles. The number of ether oxygens (including phenoxy) is 3. The Hall–Kier alpha value is -4.38. The number of fused-ring (bicyclic) bond motifs is 3. The summed E-state index contributed by atoms with van der Waals surface area (Å²) in [6.45, 7) is 0.470. The quantitative estimate of drug-likeness (QED) is 0.218. The maximum Gasteiger partial charge on any atom is 0.211 e. The van der Waals surface area contributed by atoms with E-state index in [-0.39, 0.29) is 5.78 Å². The normalized spacial score (nSPS) is 10.9. The molecular formula is C29H23NO4. The van der Waals surface area contributed by atoms with E-state index in [1.54, 1.807) is 32.5 Å². The molecule has 1 heterocycles. The molecule has 0 spiro atoms. The summed E-state index contributed by atoms with van der Waals surface area (Å²) >= 11 is 0. The Balaban J connectivity index is 1.67. The zero-order valence-electron chi connectivity index (χ0n) is 18.9. The van der Waals surface area contributed by atoms with E-state index in [0.29, 0.717) is 29.4 Å². The number of methoxy groups -OCH3 is 2. The van der Waals surface area contributed by atoms with Crippen LogP contribution in [0, 0.1) is 0 Å². The maximum absolute atomic E-state index is 13.4. The first-order valence-corrected chi connectivity index (χ1v) is 10.9. The second kappa shape index (κ2) is 9.24. The molecule has 0 atom stereocenters. The Morgan fingerprint density at radius 3 is 2.21 bits per heavy atom. The molecule has 0 aliphatic heterocycles. The fraction of sp³-hybridized carbons (Fsp3) is 0.103. The predicted molar refractivity (Wildman–Crippen MR) is 133 cm³/mol. The minimum Gasteiger partial charge on any atom is -0.493 e. The summed E-state index contributed by atoms with van der Waals surface area (Å²) in [7, 11) is 3.18. The zero-order valence-corrected chi connectivity index (χ0v) is 18.9. The summed E-state index contributed by atoms with van der Waals surface area (Å²) in [5.41, 5.74) is 2.04. The van der Waals surface area contributed by atoms with Gasteiger partial charge in [-0.1, -0.05) is 42.5 Å². The van der Waals surface area contributed by atoms with Crippen LogP contribution in [0.15, 0.2) is 91.1 Å². The number of rotatable bonds is 7. The van der Waals surface area contributed by atoms with Crippen LogP contribution < -0.4 is 14.2 Å². The van der Waals surface area contributed by atoms with Crippen molar-refractivity contribution in [3.63, 3.8) is 0 Å². The third kappa shape index (κ3) is 4.04. The second-order valence-corrected chi connectivity index (χ2v) is 7.88. The van der Waals surface area contributed by atoms with E-state index >= 15 is 0 Å². The number of carbonyl (C=O) groups is 1. The van der Waals surface area contributed by atoms with Gasteiger partial charge in [-0.3, -0.25) is 9.78 Å².